The molecule has 166 valence electrons. The van der Waals surface area contributed by atoms with E-state index in [1.165, 1.54) is 23.4 Å². The Kier molecular flexibility index (Phi) is 9.35. The summed E-state index contributed by atoms with van der Waals surface area (Å²) in [5, 5.41) is 11.2. The van der Waals surface area contributed by atoms with Crippen LogP contribution in [0.25, 0.3) is 0 Å². The minimum absolute atomic E-state index is 0. The topological polar surface area (TPSA) is 60.7 Å². The summed E-state index contributed by atoms with van der Waals surface area (Å²) in [6.07, 6.45) is 0. The number of nitrogens with zero attached hydrogens (tertiary/aromatic N) is 5. The molecule has 1 aliphatic heterocycles. The molecule has 0 radical (unpaired) electrons. The lowest BCUT2D eigenvalue weighted by atomic mass is 10.2. The van der Waals surface area contributed by atoms with Crippen LogP contribution in [0.5, 0.6) is 0 Å². The second kappa shape index (κ2) is 11.5. The van der Waals surface area contributed by atoms with Crippen molar-refractivity contribution in [1.29, 1.82) is 0 Å². The number of aryl methyl sites for hydroxylation is 2. The first kappa shape index (κ1) is 24.4. The van der Waals surface area contributed by atoms with E-state index < -0.39 is 0 Å². The zero-order valence-corrected chi connectivity index (χ0v) is 20.6. The molecule has 0 aliphatic carbocycles. The van der Waals surface area contributed by atoms with Gasteiger partial charge in [0, 0.05) is 76.9 Å². The van der Waals surface area contributed by atoms with Crippen molar-refractivity contribution in [2.24, 2.45) is 12.0 Å². The van der Waals surface area contributed by atoms with E-state index in [9.17, 15) is 4.39 Å². The van der Waals surface area contributed by atoms with E-state index in [0.717, 1.165) is 56.6 Å². The Morgan fingerprint density at radius 2 is 1.77 bits per heavy atom. The summed E-state index contributed by atoms with van der Waals surface area (Å²) in [6.45, 7) is 10.5. The Morgan fingerprint density at radius 1 is 1.10 bits per heavy atom. The Hall–Kier alpha value is -1.88. The fourth-order valence-electron chi connectivity index (χ4n) is 3.68. The van der Waals surface area contributed by atoms with Gasteiger partial charge in [-0.2, -0.15) is 5.10 Å². The molecule has 1 saturated heterocycles. The van der Waals surface area contributed by atoms with Crippen LogP contribution in [0.15, 0.2) is 29.3 Å². The fraction of sp³-hybridized carbons (Fsp3) is 0.524. The molecule has 2 aromatic rings. The molecule has 0 saturated carbocycles. The third-order valence-electron chi connectivity index (χ3n) is 5.60. The molecule has 1 aromatic heterocycles. The van der Waals surface area contributed by atoms with Crippen molar-refractivity contribution in [3.8, 4) is 0 Å². The molecule has 2 heterocycles. The number of benzene rings is 1. The fourth-order valence-corrected chi connectivity index (χ4v) is 3.68. The highest BCUT2D eigenvalue weighted by molar-refractivity contribution is 14.0. The van der Waals surface area contributed by atoms with Gasteiger partial charge in [0.25, 0.3) is 0 Å². The average Bonchev–Trinajstić information content (AvgIpc) is 2.97. The smallest absolute Gasteiger partial charge is 0.191 e. The number of nitrogens with one attached hydrogen (secondary N) is 2. The maximum absolute atomic E-state index is 13.1. The van der Waals surface area contributed by atoms with Crippen molar-refractivity contribution in [3.05, 3.63) is 47.0 Å². The number of piperazine rings is 1. The average molecular weight is 529 g/mol. The zero-order valence-electron chi connectivity index (χ0n) is 18.3. The van der Waals surface area contributed by atoms with Crippen molar-refractivity contribution >= 4 is 35.6 Å². The molecular weight excluding hydrogens is 496 g/mol. The summed E-state index contributed by atoms with van der Waals surface area (Å²) in [7, 11) is 3.76. The third kappa shape index (κ3) is 6.31. The minimum Gasteiger partial charge on any atom is -0.369 e. The molecule has 0 atom stereocenters. The molecule has 7 nitrogen and oxygen atoms in total. The molecule has 1 aromatic carbocycles. The maximum atomic E-state index is 13.1. The number of hydrogen-bond donors (Lipinski definition) is 2. The number of aliphatic imine (C=N–C) groups is 1. The maximum Gasteiger partial charge on any atom is 0.191 e. The summed E-state index contributed by atoms with van der Waals surface area (Å²) in [6, 6.07) is 6.76. The Bertz CT molecular complexity index is 827. The molecule has 2 N–H and O–H groups in total. The molecular formula is C21H33FIN7. The van der Waals surface area contributed by atoms with Crippen LogP contribution in [0, 0.1) is 19.7 Å². The largest absolute Gasteiger partial charge is 0.369 e. The van der Waals surface area contributed by atoms with Gasteiger partial charge >= 0.3 is 0 Å². The zero-order chi connectivity index (χ0) is 20.8. The highest BCUT2D eigenvalue weighted by Gasteiger charge is 2.17. The molecule has 0 spiro atoms. The predicted octanol–water partition coefficient (Wildman–Crippen LogP) is 2.28. The minimum atomic E-state index is -0.186. The van der Waals surface area contributed by atoms with Crippen LogP contribution in [0.1, 0.15) is 17.0 Å². The molecule has 3 rings (SSSR count). The predicted molar refractivity (Wildman–Crippen MR) is 131 cm³/mol. The number of hydrogen-bond acceptors (Lipinski definition) is 4. The van der Waals surface area contributed by atoms with E-state index in [1.54, 1.807) is 7.05 Å². The van der Waals surface area contributed by atoms with E-state index in [1.807, 2.05) is 30.8 Å². The molecule has 0 unspecified atom stereocenters. The summed E-state index contributed by atoms with van der Waals surface area (Å²) < 4.78 is 15.0. The van der Waals surface area contributed by atoms with Crippen LogP contribution >= 0.6 is 24.0 Å². The summed E-state index contributed by atoms with van der Waals surface area (Å²) in [5.41, 5.74) is 4.53. The standard InChI is InChI=1S/C21H32FN7.HI/c1-16-20(17(2)27(4)26-16)15-25-21(23-3)24-9-10-28-11-13-29(14-12-28)19-7-5-18(22)6-8-19;/h5-8H,9-15H2,1-4H3,(H2,23,24,25);1H. The van der Waals surface area contributed by atoms with Gasteiger partial charge in [0.15, 0.2) is 5.96 Å². The first-order valence-corrected chi connectivity index (χ1v) is 10.1. The van der Waals surface area contributed by atoms with Crippen LogP contribution in [-0.2, 0) is 13.6 Å². The second-order valence-electron chi connectivity index (χ2n) is 7.43. The lowest BCUT2D eigenvalue weighted by Gasteiger charge is -2.36. The Balaban J connectivity index is 0.00000320. The Labute approximate surface area is 195 Å². The van der Waals surface area contributed by atoms with Crippen LogP contribution in [-0.4, -0.2) is 67.0 Å². The summed E-state index contributed by atoms with van der Waals surface area (Å²) in [5.74, 6) is 0.618. The van der Waals surface area contributed by atoms with Gasteiger partial charge in [-0.3, -0.25) is 14.6 Å². The van der Waals surface area contributed by atoms with E-state index in [2.05, 4.69) is 37.4 Å². The summed E-state index contributed by atoms with van der Waals surface area (Å²) >= 11 is 0. The van der Waals surface area contributed by atoms with Crippen LogP contribution < -0.4 is 15.5 Å². The van der Waals surface area contributed by atoms with Gasteiger partial charge in [0.2, 0.25) is 0 Å². The van der Waals surface area contributed by atoms with Gasteiger partial charge in [0.05, 0.1) is 5.69 Å². The number of anilines is 1. The third-order valence-corrected chi connectivity index (χ3v) is 5.60. The van der Waals surface area contributed by atoms with E-state index in [0.29, 0.717) is 6.54 Å². The molecule has 0 bridgehead atoms. The van der Waals surface area contributed by atoms with Crippen LogP contribution in [0.3, 0.4) is 0 Å². The van der Waals surface area contributed by atoms with Crippen molar-refractivity contribution in [2.75, 3.05) is 51.2 Å². The van der Waals surface area contributed by atoms with E-state index >= 15 is 0 Å². The van der Waals surface area contributed by atoms with Gasteiger partial charge in [-0.15, -0.1) is 24.0 Å². The highest BCUT2D eigenvalue weighted by Crippen LogP contribution is 2.16. The van der Waals surface area contributed by atoms with Gasteiger partial charge in [-0.05, 0) is 38.1 Å². The molecule has 1 fully saturated rings. The summed E-state index contributed by atoms with van der Waals surface area (Å²) in [4.78, 5) is 9.07. The monoisotopic (exact) mass is 529 g/mol. The highest BCUT2D eigenvalue weighted by atomic mass is 127. The van der Waals surface area contributed by atoms with Crippen molar-refractivity contribution in [2.45, 2.75) is 20.4 Å². The van der Waals surface area contributed by atoms with Crippen LogP contribution in [0.4, 0.5) is 10.1 Å². The van der Waals surface area contributed by atoms with Crippen LogP contribution in [0.2, 0.25) is 0 Å². The SMILES string of the molecule is CN=C(NCCN1CCN(c2ccc(F)cc2)CC1)NCc1c(C)nn(C)c1C.I. The molecule has 1 aliphatic rings. The second-order valence-corrected chi connectivity index (χ2v) is 7.43. The number of rotatable bonds is 6. The van der Waals surface area contributed by atoms with Crippen molar-refractivity contribution in [1.82, 2.24) is 25.3 Å². The molecule has 0 amide bonds. The lowest BCUT2D eigenvalue weighted by Crippen LogP contribution is -2.49. The van der Waals surface area contributed by atoms with Gasteiger partial charge < -0.3 is 15.5 Å². The number of halogens is 2. The van der Waals surface area contributed by atoms with Crippen molar-refractivity contribution < 1.29 is 4.39 Å². The normalized spacial score (nSPS) is 15.1. The van der Waals surface area contributed by atoms with Gasteiger partial charge in [-0.1, -0.05) is 0 Å². The molecule has 30 heavy (non-hydrogen) atoms. The quantitative estimate of drug-likeness (QED) is 0.342. The lowest BCUT2D eigenvalue weighted by molar-refractivity contribution is 0.261. The first-order chi connectivity index (χ1) is 14.0. The number of guanidine groups is 1. The molecule has 9 heteroatoms. The van der Waals surface area contributed by atoms with Gasteiger partial charge in [-0.25, -0.2) is 4.39 Å². The Morgan fingerprint density at radius 3 is 2.33 bits per heavy atom. The van der Waals surface area contributed by atoms with E-state index in [-0.39, 0.29) is 29.8 Å². The van der Waals surface area contributed by atoms with E-state index in [4.69, 9.17) is 0 Å². The first-order valence-electron chi connectivity index (χ1n) is 10.1. The van der Waals surface area contributed by atoms with Crippen molar-refractivity contribution in [3.63, 3.8) is 0 Å². The van der Waals surface area contributed by atoms with Gasteiger partial charge in [0.1, 0.15) is 5.82 Å². The number of aromatic nitrogens is 2.